The van der Waals surface area contributed by atoms with Crippen LogP contribution in [0.25, 0.3) is 0 Å². The van der Waals surface area contributed by atoms with Gasteiger partial charge in [-0.3, -0.25) is 4.79 Å². The highest BCUT2D eigenvalue weighted by Gasteiger charge is 2.19. The molecule has 0 fully saturated rings. The highest BCUT2D eigenvalue weighted by atomic mass is 127. The van der Waals surface area contributed by atoms with Crippen LogP contribution >= 0.6 is 22.6 Å². The summed E-state index contributed by atoms with van der Waals surface area (Å²) in [4.78, 5) is 12.1. The molecule has 1 aromatic carbocycles. The van der Waals surface area contributed by atoms with Crippen LogP contribution in [0.4, 0.5) is 0 Å². The number of phenols is 1. The number of nitrogens with one attached hydrogen (secondary N) is 1. The fraction of sp³-hybridized carbons (Fsp3) is 0.462. The SMILES string of the molecule is COc1cccc(C(=O)NC(CI)C(C)C)c1O. The fourth-order valence-corrected chi connectivity index (χ4v) is 2.74. The molecule has 0 heterocycles. The molecule has 0 radical (unpaired) electrons. The van der Waals surface area contributed by atoms with Crippen molar-refractivity contribution in [3.8, 4) is 11.5 Å². The first-order valence-electron chi connectivity index (χ1n) is 5.74. The Bertz CT molecular complexity index is 421. The number of benzene rings is 1. The van der Waals surface area contributed by atoms with E-state index in [1.165, 1.54) is 7.11 Å². The molecule has 0 bridgehead atoms. The molecule has 0 aliphatic heterocycles. The quantitative estimate of drug-likeness (QED) is 0.625. The van der Waals surface area contributed by atoms with E-state index in [1.54, 1.807) is 18.2 Å². The van der Waals surface area contributed by atoms with Crippen LogP contribution in [0.2, 0.25) is 0 Å². The molecular formula is C13H18INO3. The van der Waals surface area contributed by atoms with Crippen molar-refractivity contribution in [1.82, 2.24) is 5.32 Å². The van der Waals surface area contributed by atoms with Crippen LogP contribution in [0.3, 0.4) is 0 Å². The lowest BCUT2D eigenvalue weighted by molar-refractivity contribution is 0.0929. The number of hydrogen-bond donors (Lipinski definition) is 2. The number of amides is 1. The molecule has 1 atom stereocenters. The molecule has 4 nitrogen and oxygen atoms in total. The Hall–Kier alpha value is -0.980. The number of aromatic hydroxyl groups is 1. The highest BCUT2D eigenvalue weighted by molar-refractivity contribution is 14.1. The van der Waals surface area contributed by atoms with Crippen molar-refractivity contribution < 1.29 is 14.6 Å². The summed E-state index contributed by atoms with van der Waals surface area (Å²) in [5.41, 5.74) is 0.241. The largest absolute Gasteiger partial charge is 0.504 e. The summed E-state index contributed by atoms with van der Waals surface area (Å²) in [6, 6.07) is 4.97. The minimum Gasteiger partial charge on any atom is -0.504 e. The van der Waals surface area contributed by atoms with Crippen molar-refractivity contribution in [2.45, 2.75) is 19.9 Å². The van der Waals surface area contributed by atoms with Crippen molar-refractivity contribution in [3.05, 3.63) is 23.8 Å². The summed E-state index contributed by atoms with van der Waals surface area (Å²) in [6.07, 6.45) is 0. The van der Waals surface area contributed by atoms with E-state index in [-0.39, 0.29) is 23.3 Å². The summed E-state index contributed by atoms with van der Waals surface area (Å²) in [5, 5.41) is 12.8. The number of ether oxygens (including phenoxy) is 1. The number of hydrogen-bond acceptors (Lipinski definition) is 3. The molecule has 0 aromatic heterocycles. The van der Waals surface area contributed by atoms with Gasteiger partial charge in [0.25, 0.3) is 5.91 Å². The monoisotopic (exact) mass is 363 g/mol. The van der Waals surface area contributed by atoms with E-state index in [2.05, 4.69) is 41.8 Å². The Morgan fingerprint density at radius 3 is 2.67 bits per heavy atom. The van der Waals surface area contributed by atoms with Gasteiger partial charge >= 0.3 is 0 Å². The van der Waals surface area contributed by atoms with E-state index in [9.17, 15) is 9.90 Å². The Morgan fingerprint density at radius 2 is 2.17 bits per heavy atom. The third-order valence-corrected chi connectivity index (χ3v) is 3.70. The van der Waals surface area contributed by atoms with E-state index in [4.69, 9.17) is 4.74 Å². The Labute approximate surface area is 121 Å². The summed E-state index contributed by atoms with van der Waals surface area (Å²) >= 11 is 2.24. The molecule has 1 rings (SSSR count). The summed E-state index contributed by atoms with van der Waals surface area (Å²) in [5.74, 6) is 0.257. The number of carbonyl (C=O) groups is 1. The van der Waals surface area contributed by atoms with Crippen LogP contribution in [0, 0.1) is 5.92 Å². The van der Waals surface area contributed by atoms with Gasteiger partial charge in [-0.05, 0) is 18.1 Å². The summed E-state index contributed by atoms with van der Waals surface area (Å²) in [7, 11) is 1.46. The standard InChI is InChI=1S/C13H18INO3/c1-8(2)10(7-14)15-13(17)9-5-4-6-11(18-3)12(9)16/h4-6,8,10,16H,7H2,1-3H3,(H,15,17). The second-order valence-corrected chi connectivity index (χ2v) is 5.22. The predicted octanol–water partition coefficient (Wildman–Crippen LogP) is 2.59. The van der Waals surface area contributed by atoms with Crippen molar-refractivity contribution in [1.29, 1.82) is 0 Å². The number of methoxy groups -OCH3 is 1. The third kappa shape index (κ3) is 3.51. The molecule has 5 heteroatoms. The summed E-state index contributed by atoms with van der Waals surface area (Å²) in [6.45, 7) is 4.10. The first kappa shape index (κ1) is 15.1. The van der Waals surface area contributed by atoms with Crippen LogP contribution < -0.4 is 10.1 Å². The van der Waals surface area contributed by atoms with Crippen molar-refractivity contribution in [3.63, 3.8) is 0 Å². The van der Waals surface area contributed by atoms with Crippen LogP contribution in [0.5, 0.6) is 11.5 Å². The molecule has 1 unspecified atom stereocenters. The van der Waals surface area contributed by atoms with E-state index >= 15 is 0 Å². The van der Waals surface area contributed by atoms with E-state index < -0.39 is 0 Å². The number of alkyl halides is 1. The maximum atomic E-state index is 12.1. The Balaban J connectivity index is 2.91. The Morgan fingerprint density at radius 1 is 1.50 bits per heavy atom. The molecule has 1 amide bonds. The van der Waals surface area contributed by atoms with Gasteiger partial charge in [0.1, 0.15) is 0 Å². The van der Waals surface area contributed by atoms with Gasteiger partial charge in [-0.15, -0.1) is 0 Å². The van der Waals surface area contributed by atoms with Gasteiger partial charge in [0.05, 0.1) is 12.7 Å². The molecule has 1 aromatic rings. The Kier molecular flexibility index (Phi) is 5.71. The number of rotatable bonds is 5. The van der Waals surface area contributed by atoms with Crippen molar-refractivity contribution in [2.75, 3.05) is 11.5 Å². The predicted molar refractivity (Wildman–Crippen MR) is 79.6 cm³/mol. The first-order chi connectivity index (χ1) is 8.51. The minimum absolute atomic E-state index is 0.0868. The van der Waals surface area contributed by atoms with Gasteiger partial charge in [-0.2, -0.15) is 0 Å². The average molecular weight is 363 g/mol. The minimum atomic E-state index is -0.276. The highest BCUT2D eigenvalue weighted by Crippen LogP contribution is 2.29. The molecular weight excluding hydrogens is 345 g/mol. The van der Waals surface area contributed by atoms with Gasteiger partial charge in [0.2, 0.25) is 0 Å². The zero-order valence-electron chi connectivity index (χ0n) is 10.7. The second-order valence-electron chi connectivity index (χ2n) is 4.33. The molecule has 0 aliphatic rings. The number of phenolic OH excluding ortho intramolecular Hbond substituents is 1. The van der Waals surface area contributed by atoms with Crippen molar-refractivity contribution >= 4 is 28.5 Å². The van der Waals surface area contributed by atoms with Gasteiger partial charge in [-0.1, -0.05) is 42.5 Å². The van der Waals surface area contributed by atoms with Crippen LogP contribution in [-0.2, 0) is 0 Å². The number of carbonyl (C=O) groups excluding carboxylic acids is 1. The molecule has 2 N–H and O–H groups in total. The van der Waals surface area contributed by atoms with Crippen LogP contribution in [0.15, 0.2) is 18.2 Å². The fourth-order valence-electron chi connectivity index (χ4n) is 1.50. The lowest BCUT2D eigenvalue weighted by atomic mass is 10.1. The number of halogens is 1. The summed E-state index contributed by atoms with van der Waals surface area (Å²) < 4.78 is 5.81. The normalized spacial score (nSPS) is 12.3. The van der Waals surface area contributed by atoms with Gasteiger partial charge < -0.3 is 15.2 Å². The third-order valence-electron chi connectivity index (χ3n) is 2.75. The second kappa shape index (κ2) is 6.82. The zero-order valence-corrected chi connectivity index (χ0v) is 12.9. The van der Waals surface area contributed by atoms with Crippen LogP contribution in [-0.4, -0.2) is 28.6 Å². The molecule has 0 spiro atoms. The van der Waals surface area contributed by atoms with Gasteiger partial charge in [0.15, 0.2) is 11.5 Å². The lowest BCUT2D eigenvalue weighted by Crippen LogP contribution is -2.39. The molecule has 100 valence electrons. The lowest BCUT2D eigenvalue weighted by Gasteiger charge is -2.20. The molecule has 18 heavy (non-hydrogen) atoms. The van der Waals surface area contributed by atoms with Crippen LogP contribution in [0.1, 0.15) is 24.2 Å². The molecule has 0 saturated heterocycles. The first-order valence-corrected chi connectivity index (χ1v) is 7.26. The van der Waals surface area contributed by atoms with E-state index in [1.807, 2.05) is 0 Å². The smallest absolute Gasteiger partial charge is 0.255 e. The van der Waals surface area contributed by atoms with Crippen molar-refractivity contribution in [2.24, 2.45) is 5.92 Å². The maximum absolute atomic E-state index is 12.1. The average Bonchev–Trinajstić information content (AvgIpc) is 2.35. The molecule has 0 saturated carbocycles. The van der Waals surface area contributed by atoms with E-state index in [0.717, 1.165) is 4.43 Å². The van der Waals surface area contributed by atoms with E-state index in [0.29, 0.717) is 11.7 Å². The number of para-hydroxylation sites is 1. The topological polar surface area (TPSA) is 58.6 Å². The van der Waals surface area contributed by atoms with Gasteiger partial charge in [-0.25, -0.2) is 0 Å². The molecule has 0 aliphatic carbocycles. The maximum Gasteiger partial charge on any atom is 0.255 e. The zero-order chi connectivity index (χ0) is 13.7. The van der Waals surface area contributed by atoms with Gasteiger partial charge in [0, 0.05) is 10.5 Å².